The number of carbonyl (C=O) groups excluding carboxylic acids is 4. The van der Waals surface area contributed by atoms with Crippen molar-refractivity contribution in [3.63, 3.8) is 0 Å². The molecule has 30 heavy (non-hydrogen) atoms. The number of esters is 1. The second-order valence-corrected chi connectivity index (χ2v) is 7.18. The van der Waals surface area contributed by atoms with Crippen molar-refractivity contribution in [2.24, 2.45) is 5.92 Å². The summed E-state index contributed by atoms with van der Waals surface area (Å²) in [7, 11) is 0. The molecule has 162 valence electrons. The van der Waals surface area contributed by atoms with E-state index in [4.69, 9.17) is 4.74 Å². The molecule has 0 radical (unpaired) electrons. The Balaban J connectivity index is 2.10. The van der Waals surface area contributed by atoms with Crippen LogP contribution < -0.4 is 5.32 Å². The molecule has 1 aliphatic rings. The van der Waals surface area contributed by atoms with Crippen LogP contribution in [0.4, 0.5) is 4.79 Å². The number of likely N-dealkylation sites (N-methyl/N-ethyl adjacent to an activating group) is 1. The van der Waals surface area contributed by atoms with Crippen molar-refractivity contribution in [2.75, 3.05) is 26.2 Å². The molecule has 1 fully saturated rings. The first kappa shape index (κ1) is 22.9. The van der Waals surface area contributed by atoms with Crippen molar-refractivity contribution in [1.29, 1.82) is 0 Å². The number of carboxylic acid groups (broad SMARTS) is 1. The molecule has 2 N–H and O–H groups in total. The van der Waals surface area contributed by atoms with Crippen LogP contribution in [0.1, 0.15) is 42.7 Å². The van der Waals surface area contributed by atoms with Gasteiger partial charge in [0.25, 0.3) is 0 Å². The molecule has 2 rings (SSSR count). The average Bonchev–Trinajstić information content (AvgIpc) is 2.71. The quantitative estimate of drug-likeness (QED) is 0.498. The number of aliphatic carboxylic acids is 1. The first-order valence-corrected chi connectivity index (χ1v) is 9.56. The van der Waals surface area contributed by atoms with E-state index in [1.807, 2.05) is 13.8 Å². The topological polar surface area (TPSA) is 133 Å². The zero-order valence-corrected chi connectivity index (χ0v) is 17.1. The molecule has 10 nitrogen and oxygen atoms in total. The fourth-order valence-corrected chi connectivity index (χ4v) is 2.80. The number of hydrogen-bond donors (Lipinski definition) is 2. The van der Waals surface area contributed by atoms with E-state index in [0.717, 1.165) is 0 Å². The summed E-state index contributed by atoms with van der Waals surface area (Å²) < 4.78 is 5.12. The van der Waals surface area contributed by atoms with Gasteiger partial charge in [-0.25, -0.2) is 14.4 Å². The van der Waals surface area contributed by atoms with Crippen LogP contribution in [0.3, 0.4) is 0 Å². The standard InChI is InChI=1S/C20H25N3O7/c1-4-22-9-10-23(17(25)16(22)24)20(29)21-15(18(26)27)13-5-7-14(8-6-13)19(28)30-11-12(2)3/h5-8,12,15H,4,9-11H2,1-3H3,(H,21,29)(H,26,27). The molecule has 1 aromatic carbocycles. The molecule has 0 aromatic heterocycles. The van der Waals surface area contributed by atoms with Gasteiger partial charge in [0.2, 0.25) is 0 Å². The number of hydrogen-bond acceptors (Lipinski definition) is 6. The van der Waals surface area contributed by atoms with Gasteiger partial charge in [0, 0.05) is 19.6 Å². The molecule has 1 saturated heterocycles. The Labute approximate surface area is 173 Å². The lowest BCUT2D eigenvalue weighted by Crippen LogP contribution is -2.58. The number of benzene rings is 1. The lowest BCUT2D eigenvalue weighted by Gasteiger charge is -2.32. The van der Waals surface area contributed by atoms with E-state index in [1.165, 1.54) is 29.2 Å². The van der Waals surface area contributed by atoms with Crippen molar-refractivity contribution in [2.45, 2.75) is 26.8 Å². The predicted octanol–water partition coefficient (Wildman–Crippen LogP) is 1.03. The fraction of sp³-hybridized carbons (Fsp3) is 0.450. The van der Waals surface area contributed by atoms with Crippen LogP contribution in [-0.2, 0) is 19.1 Å². The van der Waals surface area contributed by atoms with E-state index in [9.17, 15) is 29.1 Å². The van der Waals surface area contributed by atoms with Gasteiger partial charge in [-0.05, 0) is 30.5 Å². The molecule has 10 heteroatoms. The van der Waals surface area contributed by atoms with Gasteiger partial charge in [-0.1, -0.05) is 26.0 Å². The van der Waals surface area contributed by atoms with Crippen LogP contribution >= 0.6 is 0 Å². The van der Waals surface area contributed by atoms with E-state index < -0.39 is 35.8 Å². The third-order valence-corrected chi connectivity index (χ3v) is 4.48. The number of piperazine rings is 1. The number of rotatable bonds is 7. The van der Waals surface area contributed by atoms with E-state index >= 15 is 0 Å². The summed E-state index contributed by atoms with van der Waals surface area (Å²) in [5, 5.41) is 11.8. The van der Waals surface area contributed by atoms with Crippen LogP contribution in [0.25, 0.3) is 0 Å². The summed E-state index contributed by atoms with van der Waals surface area (Å²) in [4.78, 5) is 62.2. The van der Waals surface area contributed by atoms with Gasteiger partial charge in [-0.2, -0.15) is 0 Å². The molecule has 0 spiro atoms. The molecule has 0 saturated carbocycles. The number of nitrogens with zero attached hydrogens (tertiary/aromatic N) is 2. The Morgan fingerprint density at radius 2 is 1.73 bits per heavy atom. The first-order valence-electron chi connectivity index (χ1n) is 9.56. The minimum atomic E-state index is -1.47. The number of urea groups is 1. The number of carbonyl (C=O) groups is 5. The first-order chi connectivity index (χ1) is 14.1. The summed E-state index contributed by atoms with van der Waals surface area (Å²) in [6.07, 6.45) is 0. The molecular weight excluding hydrogens is 394 g/mol. The van der Waals surface area contributed by atoms with Gasteiger partial charge in [0.15, 0.2) is 6.04 Å². The van der Waals surface area contributed by atoms with E-state index in [-0.39, 0.29) is 36.7 Å². The highest BCUT2D eigenvalue weighted by Gasteiger charge is 2.37. The Bertz CT molecular complexity index is 835. The normalized spacial score (nSPS) is 15.2. The van der Waals surface area contributed by atoms with Crippen molar-refractivity contribution >= 4 is 29.8 Å². The third kappa shape index (κ3) is 5.34. The Kier molecular flexibility index (Phi) is 7.51. The zero-order valence-electron chi connectivity index (χ0n) is 17.1. The average molecular weight is 419 g/mol. The van der Waals surface area contributed by atoms with Crippen LogP contribution in [0.5, 0.6) is 0 Å². The van der Waals surface area contributed by atoms with Crippen molar-refractivity contribution in [3.05, 3.63) is 35.4 Å². The van der Waals surface area contributed by atoms with Gasteiger partial charge >= 0.3 is 29.8 Å². The molecule has 1 atom stereocenters. The summed E-state index contributed by atoms with van der Waals surface area (Å²) in [6.45, 7) is 6.25. The van der Waals surface area contributed by atoms with Crippen molar-refractivity contribution < 1.29 is 33.8 Å². The lowest BCUT2D eigenvalue weighted by molar-refractivity contribution is -0.153. The van der Waals surface area contributed by atoms with Crippen LogP contribution in [-0.4, -0.2) is 70.9 Å². The van der Waals surface area contributed by atoms with Crippen molar-refractivity contribution in [1.82, 2.24) is 15.1 Å². The molecular formula is C20H25N3O7. The Morgan fingerprint density at radius 3 is 2.27 bits per heavy atom. The lowest BCUT2D eigenvalue weighted by atomic mass is 10.0. The third-order valence-electron chi connectivity index (χ3n) is 4.48. The fourth-order valence-electron chi connectivity index (χ4n) is 2.80. The predicted molar refractivity (Wildman–Crippen MR) is 104 cm³/mol. The van der Waals surface area contributed by atoms with Gasteiger partial charge in [0.1, 0.15) is 0 Å². The maximum atomic E-state index is 12.4. The van der Waals surface area contributed by atoms with Crippen molar-refractivity contribution in [3.8, 4) is 0 Å². The van der Waals surface area contributed by atoms with E-state index in [2.05, 4.69) is 5.32 Å². The molecule has 1 heterocycles. The van der Waals surface area contributed by atoms with Gasteiger partial charge < -0.3 is 20.1 Å². The number of amides is 4. The van der Waals surface area contributed by atoms with Crippen LogP contribution in [0.2, 0.25) is 0 Å². The number of imide groups is 1. The van der Waals surface area contributed by atoms with E-state index in [0.29, 0.717) is 11.4 Å². The summed E-state index contributed by atoms with van der Waals surface area (Å²) >= 11 is 0. The second-order valence-electron chi connectivity index (χ2n) is 7.18. The monoisotopic (exact) mass is 419 g/mol. The highest BCUT2D eigenvalue weighted by molar-refractivity contribution is 6.38. The van der Waals surface area contributed by atoms with Crippen LogP contribution in [0.15, 0.2) is 24.3 Å². The van der Waals surface area contributed by atoms with Gasteiger partial charge in [-0.3, -0.25) is 14.5 Å². The minimum Gasteiger partial charge on any atom is -0.479 e. The summed E-state index contributed by atoms with van der Waals surface area (Å²) in [6, 6.07) is 3.12. The molecule has 1 aliphatic heterocycles. The second kappa shape index (κ2) is 9.86. The highest BCUT2D eigenvalue weighted by atomic mass is 16.5. The van der Waals surface area contributed by atoms with Gasteiger partial charge in [-0.15, -0.1) is 0 Å². The number of carboxylic acids is 1. The minimum absolute atomic E-state index is 0.0305. The SMILES string of the molecule is CCN1CCN(C(=O)NC(C(=O)O)c2ccc(C(=O)OCC(C)C)cc2)C(=O)C1=O. The molecule has 1 aromatic rings. The maximum Gasteiger partial charge on any atom is 0.338 e. The Morgan fingerprint density at radius 1 is 1.10 bits per heavy atom. The molecule has 0 bridgehead atoms. The Hall–Kier alpha value is -3.43. The maximum absolute atomic E-state index is 12.4. The smallest absolute Gasteiger partial charge is 0.338 e. The van der Waals surface area contributed by atoms with E-state index in [1.54, 1.807) is 6.92 Å². The number of ether oxygens (including phenoxy) is 1. The molecule has 1 unspecified atom stereocenters. The van der Waals surface area contributed by atoms with Crippen LogP contribution in [0, 0.1) is 5.92 Å². The molecule has 4 amide bonds. The zero-order chi connectivity index (χ0) is 22.4. The summed E-state index contributed by atoms with van der Waals surface area (Å²) in [5.41, 5.74) is 0.438. The highest BCUT2D eigenvalue weighted by Crippen LogP contribution is 2.17. The molecule has 0 aliphatic carbocycles. The number of nitrogens with one attached hydrogen (secondary N) is 1. The summed E-state index contributed by atoms with van der Waals surface area (Å²) in [5.74, 6) is -3.54. The largest absolute Gasteiger partial charge is 0.479 e. The van der Waals surface area contributed by atoms with Gasteiger partial charge in [0.05, 0.1) is 12.2 Å².